The van der Waals surface area contributed by atoms with Crippen molar-refractivity contribution in [2.45, 2.75) is 51.6 Å². The lowest BCUT2D eigenvalue weighted by molar-refractivity contribution is 0.0693. The summed E-state index contributed by atoms with van der Waals surface area (Å²) in [5, 5.41) is 9.33. The minimum Gasteiger partial charge on any atom is -0.477 e. The fourth-order valence-electron chi connectivity index (χ4n) is 3.70. The average Bonchev–Trinajstić information content (AvgIpc) is 2.99. The quantitative estimate of drug-likeness (QED) is 0.925. The van der Waals surface area contributed by atoms with E-state index in [-0.39, 0.29) is 17.2 Å². The van der Waals surface area contributed by atoms with Gasteiger partial charge in [0.05, 0.1) is 0 Å². The van der Waals surface area contributed by atoms with Gasteiger partial charge in [-0.2, -0.15) is 0 Å². The first-order valence-corrected chi connectivity index (χ1v) is 7.84. The number of hydrogen-bond donors (Lipinski definition) is 1. The molecule has 3 rings (SSSR count). The van der Waals surface area contributed by atoms with E-state index in [1.165, 1.54) is 0 Å². The average molecular weight is 290 g/mol. The molecule has 21 heavy (non-hydrogen) atoms. The van der Waals surface area contributed by atoms with Crippen molar-refractivity contribution < 1.29 is 9.90 Å². The largest absolute Gasteiger partial charge is 0.477 e. The highest BCUT2D eigenvalue weighted by Crippen LogP contribution is 2.31. The van der Waals surface area contributed by atoms with Gasteiger partial charge >= 0.3 is 5.97 Å². The Labute approximate surface area is 124 Å². The molecule has 1 aromatic heterocycles. The Morgan fingerprint density at radius 2 is 2.10 bits per heavy atom. The molecule has 1 aromatic rings. The van der Waals surface area contributed by atoms with E-state index in [9.17, 15) is 14.7 Å². The van der Waals surface area contributed by atoms with Crippen molar-refractivity contribution in [3.8, 4) is 0 Å². The number of pyridine rings is 1. The van der Waals surface area contributed by atoms with E-state index in [1.807, 2.05) is 4.57 Å². The van der Waals surface area contributed by atoms with Gasteiger partial charge in [0, 0.05) is 31.2 Å². The van der Waals surface area contributed by atoms with Gasteiger partial charge in [0.15, 0.2) is 0 Å². The first kappa shape index (κ1) is 14.3. The van der Waals surface area contributed by atoms with E-state index >= 15 is 0 Å². The van der Waals surface area contributed by atoms with Gasteiger partial charge in [-0.3, -0.25) is 9.69 Å². The van der Waals surface area contributed by atoms with E-state index < -0.39 is 5.97 Å². The Morgan fingerprint density at radius 1 is 1.38 bits per heavy atom. The molecule has 0 amide bonds. The van der Waals surface area contributed by atoms with Crippen LogP contribution in [0.4, 0.5) is 0 Å². The molecule has 1 fully saturated rings. The summed E-state index contributed by atoms with van der Waals surface area (Å²) >= 11 is 0. The standard InChI is InChI=1S/C16H22N2O3/c1-2-17-8-7-14-11(10-17)9-13(16(20)21)15(19)18(14)12-5-3-4-6-12/h9,12H,2-8,10H2,1H3,(H,20,21). The monoisotopic (exact) mass is 290 g/mol. The highest BCUT2D eigenvalue weighted by molar-refractivity contribution is 5.87. The van der Waals surface area contributed by atoms with Crippen molar-refractivity contribution in [2.24, 2.45) is 0 Å². The summed E-state index contributed by atoms with van der Waals surface area (Å²) in [6, 6.07) is 1.80. The summed E-state index contributed by atoms with van der Waals surface area (Å²) in [6.07, 6.45) is 5.09. The number of fused-ring (bicyclic) bond motifs is 1. The van der Waals surface area contributed by atoms with E-state index in [0.717, 1.165) is 63.0 Å². The number of rotatable bonds is 3. The third kappa shape index (κ3) is 2.50. The highest BCUT2D eigenvalue weighted by Gasteiger charge is 2.28. The summed E-state index contributed by atoms with van der Waals surface area (Å²) in [6.45, 7) is 4.75. The number of likely N-dealkylation sites (N-methyl/N-ethyl adjacent to an activating group) is 1. The molecule has 2 aliphatic rings. The number of aromatic nitrogens is 1. The molecule has 114 valence electrons. The molecule has 1 N–H and O–H groups in total. The van der Waals surface area contributed by atoms with Crippen molar-refractivity contribution in [1.29, 1.82) is 0 Å². The molecule has 1 aliphatic heterocycles. The lowest BCUT2D eigenvalue weighted by Gasteiger charge is -2.31. The Kier molecular flexibility index (Phi) is 3.85. The normalized spacial score (nSPS) is 19.7. The Morgan fingerprint density at radius 3 is 2.71 bits per heavy atom. The van der Waals surface area contributed by atoms with Gasteiger partial charge in [0.2, 0.25) is 0 Å². The number of carboxylic acids is 1. The lowest BCUT2D eigenvalue weighted by atomic mass is 10.0. The maximum absolute atomic E-state index is 12.6. The molecule has 0 atom stereocenters. The van der Waals surface area contributed by atoms with Crippen LogP contribution in [0.25, 0.3) is 0 Å². The van der Waals surface area contributed by atoms with Crippen LogP contribution < -0.4 is 5.56 Å². The molecule has 0 bridgehead atoms. The van der Waals surface area contributed by atoms with Crippen molar-refractivity contribution >= 4 is 5.97 Å². The fraction of sp³-hybridized carbons (Fsp3) is 0.625. The molecule has 0 aromatic carbocycles. The topological polar surface area (TPSA) is 62.5 Å². The summed E-state index contributed by atoms with van der Waals surface area (Å²) in [5.74, 6) is -1.11. The number of hydrogen-bond acceptors (Lipinski definition) is 3. The predicted molar refractivity (Wildman–Crippen MR) is 79.8 cm³/mol. The van der Waals surface area contributed by atoms with Gasteiger partial charge in [0.25, 0.3) is 5.56 Å². The van der Waals surface area contributed by atoms with Crippen molar-refractivity contribution in [2.75, 3.05) is 13.1 Å². The molecule has 1 saturated carbocycles. The zero-order valence-electron chi connectivity index (χ0n) is 12.5. The van der Waals surface area contributed by atoms with Crippen LogP contribution in [-0.4, -0.2) is 33.6 Å². The van der Waals surface area contributed by atoms with Gasteiger partial charge in [0.1, 0.15) is 5.56 Å². The zero-order chi connectivity index (χ0) is 15.0. The first-order chi connectivity index (χ1) is 10.1. The first-order valence-electron chi connectivity index (χ1n) is 7.84. The molecular formula is C16H22N2O3. The van der Waals surface area contributed by atoms with Crippen LogP contribution in [0.1, 0.15) is 60.3 Å². The van der Waals surface area contributed by atoms with Crippen LogP contribution in [0.5, 0.6) is 0 Å². The summed E-state index contributed by atoms with van der Waals surface area (Å²) in [5.41, 5.74) is 1.71. The number of carbonyl (C=O) groups is 1. The molecular weight excluding hydrogens is 268 g/mol. The summed E-state index contributed by atoms with van der Waals surface area (Å²) < 4.78 is 1.82. The van der Waals surface area contributed by atoms with Gasteiger partial charge in [-0.25, -0.2) is 4.79 Å². The van der Waals surface area contributed by atoms with Crippen LogP contribution >= 0.6 is 0 Å². The van der Waals surface area contributed by atoms with E-state index in [2.05, 4.69) is 11.8 Å². The Balaban J connectivity index is 2.14. The third-order valence-corrected chi connectivity index (χ3v) is 4.86. The van der Waals surface area contributed by atoms with Gasteiger partial charge in [-0.1, -0.05) is 19.8 Å². The zero-order valence-corrected chi connectivity index (χ0v) is 12.5. The smallest absolute Gasteiger partial charge is 0.341 e. The molecule has 1 aliphatic carbocycles. The van der Waals surface area contributed by atoms with Gasteiger partial charge in [-0.15, -0.1) is 0 Å². The van der Waals surface area contributed by atoms with Crippen LogP contribution in [0.15, 0.2) is 10.9 Å². The predicted octanol–water partition coefficient (Wildman–Crippen LogP) is 2.04. The molecule has 5 heteroatoms. The van der Waals surface area contributed by atoms with Crippen LogP contribution in [0.3, 0.4) is 0 Å². The van der Waals surface area contributed by atoms with Crippen molar-refractivity contribution in [3.05, 3.63) is 33.2 Å². The second-order valence-corrected chi connectivity index (χ2v) is 6.07. The molecule has 0 unspecified atom stereocenters. The Bertz CT molecular complexity index is 615. The number of carboxylic acid groups (broad SMARTS) is 1. The minimum absolute atomic E-state index is 0.0707. The molecule has 2 heterocycles. The molecule has 5 nitrogen and oxygen atoms in total. The number of nitrogens with zero attached hydrogens (tertiary/aromatic N) is 2. The summed E-state index contributed by atoms with van der Waals surface area (Å²) in [7, 11) is 0. The van der Waals surface area contributed by atoms with Crippen molar-refractivity contribution in [3.63, 3.8) is 0 Å². The Hall–Kier alpha value is -1.62. The second kappa shape index (κ2) is 5.64. The number of aromatic carboxylic acids is 1. The van der Waals surface area contributed by atoms with E-state index in [0.29, 0.717) is 0 Å². The van der Waals surface area contributed by atoms with Crippen LogP contribution in [0, 0.1) is 0 Å². The third-order valence-electron chi connectivity index (χ3n) is 4.86. The van der Waals surface area contributed by atoms with Crippen LogP contribution in [0.2, 0.25) is 0 Å². The van der Waals surface area contributed by atoms with Crippen LogP contribution in [-0.2, 0) is 13.0 Å². The maximum Gasteiger partial charge on any atom is 0.341 e. The highest BCUT2D eigenvalue weighted by atomic mass is 16.4. The SMILES string of the molecule is CCN1CCc2c(cc(C(=O)O)c(=O)n2C2CCCC2)C1. The van der Waals surface area contributed by atoms with E-state index in [1.54, 1.807) is 6.07 Å². The lowest BCUT2D eigenvalue weighted by Crippen LogP contribution is -2.38. The van der Waals surface area contributed by atoms with Gasteiger partial charge < -0.3 is 9.67 Å². The molecule has 0 spiro atoms. The molecule has 0 saturated heterocycles. The van der Waals surface area contributed by atoms with E-state index in [4.69, 9.17) is 0 Å². The molecule has 0 radical (unpaired) electrons. The van der Waals surface area contributed by atoms with Crippen molar-refractivity contribution in [1.82, 2.24) is 9.47 Å². The summed E-state index contributed by atoms with van der Waals surface area (Å²) in [4.78, 5) is 26.3. The van der Waals surface area contributed by atoms with Gasteiger partial charge in [-0.05, 0) is 31.0 Å². The second-order valence-electron chi connectivity index (χ2n) is 6.07. The maximum atomic E-state index is 12.6. The fourth-order valence-corrected chi connectivity index (χ4v) is 3.70. The minimum atomic E-state index is -1.11.